The minimum Gasteiger partial charge on any atom is -0.378 e. The van der Waals surface area contributed by atoms with Crippen LogP contribution in [0.25, 0.3) is 0 Å². The van der Waals surface area contributed by atoms with Crippen LogP contribution in [0.1, 0.15) is 32.6 Å². The van der Waals surface area contributed by atoms with Crippen LogP contribution < -0.4 is 10.5 Å². The van der Waals surface area contributed by atoms with Gasteiger partial charge < -0.3 is 10.5 Å². The molecule has 0 saturated heterocycles. The molecule has 6 heteroatoms. The Morgan fingerprint density at radius 1 is 1.38 bits per heavy atom. The van der Waals surface area contributed by atoms with Crippen LogP contribution in [-0.2, 0) is 14.8 Å². The van der Waals surface area contributed by atoms with Crippen molar-refractivity contribution in [3.63, 3.8) is 0 Å². The molecule has 0 heterocycles. The molecule has 0 unspecified atom stereocenters. The largest absolute Gasteiger partial charge is 0.378 e. The van der Waals surface area contributed by atoms with Gasteiger partial charge in [-0.3, -0.25) is 0 Å². The Kier molecular flexibility index (Phi) is 5.68. The second kappa shape index (κ2) is 6.54. The lowest BCUT2D eigenvalue weighted by molar-refractivity contribution is -0.00475. The molecule has 16 heavy (non-hydrogen) atoms. The first kappa shape index (κ1) is 13.9. The van der Waals surface area contributed by atoms with Crippen LogP contribution in [0, 0.1) is 0 Å². The van der Waals surface area contributed by atoms with Crippen LogP contribution in [-0.4, -0.2) is 39.5 Å². The second-order valence-corrected chi connectivity index (χ2v) is 6.05. The van der Waals surface area contributed by atoms with Crippen molar-refractivity contribution >= 4 is 10.0 Å². The first-order valence-electron chi connectivity index (χ1n) is 5.89. The molecular formula is C10H22N2O3S. The van der Waals surface area contributed by atoms with E-state index in [4.69, 9.17) is 10.5 Å². The molecule has 0 amide bonds. The van der Waals surface area contributed by atoms with Crippen molar-refractivity contribution < 1.29 is 13.2 Å². The number of sulfonamides is 1. The fraction of sp³-hybridized carbons (Fsp3) is 1.00. The first-order chi connectivity index (χ1) is 7.57. The van der Waals surface area contributed by atoms with Crippen LogP contribution >= 0.6 is 0 Å². The minimum atomic E-state index is -3.11. The van der Waals surface area contributed by atoms with Crippen molar-refractivity contribution in [3.05, 3.63) is 0 Å². The molecule has 1 aliphatic rings. The van der Waals surface area contributed by atoms with Crippen molar-refractivity contribution in [2.24, 2.45) is 5.73 Å². The van der Waals surface area contributed by atoms with Crippen LogP contribution in [0.5, 0.6) is 0 Å². The Morgan fingerprint density at radius 3 is 2.62 bits per heavy atom. The highest BCUT2D eigenvalue weighted by atomic mass is 32.2. The van der Waals surface area contributed by atoms with Gasteiger partial charge in [0.25, 0.3) is 0 Å². The van der Waals surface area contributed by atoms with Gasteiger partial charge in [-0.1, -0.05) is 0 Å². The van der Waals surface area contributed by atoms with Crippen LogP contribution in [0.15, 0.2) is 0 Å². The SMILES string of the molecule is CCOC1CC(NS(=O)(=O)CCCCN)C1. The monoisotopic (exact) mass is 250 g/mol. The third-order valence-electron chi connectivity index (χ3n) is 2.71. The molecule has 3 N–H and O–H groups in total. The quantitative estimate of drug-likeness (QED) is 0.603. The van der Waals surface area contributed by atoms with Crippen molar-refractivity contribution in [3.8, 4) is 0 Å². The van der Waals surface area contributed by atoms with E-state index in [2.05, 4.69) is 4.72 Å². The normalized spacial score (nSPS) is 25.4. The molecule has 0 aliphatic heterocycles. The topological polar surface area (TPSA) is 81.4 Å². The van der Waals surface area contributed by atoms with E-state index in [0.717, 1.165) is 19.3 Å². The molecule has 96 valence electrons. The molecule has 1 aliphatic carbocycles. The minimum absolute atomic E-state index is 0.0689. The van der Waals surface area contributed by atoms with Crippen LogP contribution in [0.4, 0.5) is 0 Å². The van der Waals surface area contributed by atoms with Gasteiger partial charge in [-0.15, -0.1) is 0 Å². The second-order valence-electron chi connectivity index (χ2n) is 4.18. The van der Waals surface area contributed by atoms with E-state index in [1.807, 2.05) is 6.92 Å². The van der Waals surface area contributed by atoms with Crippen molar-refractivity contribution in [2.75, 3.05) is 18.9 Å². The van der Waals surface area contributed by atoms with Crippen LogP contribution in [0.3, 0.4) is 0 Å². The van der Waals surface area contributed by atoms with E-state index < -0.39 is 10.0 Å². The molecule has 0 spiro atoms. The lowest BCUT2D eigenvalue weighted by Crippen LogP contribution is -2.48. The molecule has 5 nitrogen and oxygen atoms in total. The van der Waals surface area contributed by atoms with E-state index in [9.17, 15) is 8.42 Å². The Labute approximate surface area is 97.8 Å². The lowest BCUT2D eigenvalue weighted by atomic mass is 9.90. The van der Waals surface area contributed by atoms with Gasteiger partial charge in [-0.2, -0.15) is 0 Å². The van der Waals surface area contributed by atoms with Gasteiger partial charge in [0.2, 0.25) is 10.0 Å². The molecule has 0 aromatic heterocycles. The number of rotatable bonds is 8. The number of nitrogens with two attached hydrogens (primary N) is 1. The zero-order valence-electron chi connectivity index (χ0n) is 9.81. The summed E-state index contributed by atoms with van der Waals surface area (Å²) in [5, 5.41) is 0. The summed E-state index contributed by atoms with van der Waals surface area (Å²) in [4.78, 5) is 0. The summed E-state index contributed by atoms with van der Waals surface area (Å²) in [6.07, 6.45) is 3.22. The average molecular weight is 250 g/mol. The summed E-state index contributed by atoms with van der Waals surface area (Å²) in [5.41, 5.74) is 5.32. The van der Waals surface area contributed by atoms with E-state index in [1.165, 1.54) is 0 Å². The fourth-order valence-corrected chi connectivity index (χ4v) is 3.19. The predicted molar refractivity (Wildman–Crippen MR) is 63.6 cm³/mol. The maximum atomic E-state index is 11.6. The molecule has 0 atom stereocenters. The summed E-state index contributed by atoms with van der Waals surface area (Å²) in [5.74, 6) is 0.181. The number of hydrogen-bond donors (Lipinski definition) is 2. The van der Waals surface area contributed by atoms with Gasteiger partial charge in [0.1, 0.15) is 0 Å². The molecule has 0 bridgehead atoms. The highest BCUT2D eigenvalue weighted by molar-refractivity contribution is 7.89. The number of hydrogen-bond acceptors (Lipinski definition) is 4. The fourth-order valence-electron chi connectivity index (χ4n) is 1.78. The molecule has 0 aromatic rings. The average Bonchev–Trinajstić information content (AvgIpc) is 2.15. The van der Waals surface area contributed by atoms with Crippen LogP contribution in [0.2, 0.25) is 0 Å². The summed E-state index contributed by atoms with van der Waals surface area (Å²) >= 11 is 0. The highest BCUT2D eigenvalue weighted by Crippen LogP contribution is 2.23. The van der Waals surface area contributed by atoms with Gasteiger partial charge in [-0.25, -0.2) is 13.1 Å². The molecule has 1 saturated carbocycles. The van der Waals surface area contributed by atoms with Crippen molar-refractivity contribution in [2.45, 2.75) is 44.8 Å². The maximum absolute atomic E-state index is 11.6. The van der Waals surface area contributed by atoms with E-state index in [1.54, 1.807) is 0 Å². The smallest absolute Gasteiger partial charge is 0.211 e. The van der Waals surface area contributed by atoms with Gasteiger partial charge in [0.05, 0.1) is 11.9 Å². The lowest BCUT2D eigenvalue weighted by Gasteiger charge is -2.35. The molecule has 1 rings (SSSR count). The van der Waals surface area contributed by atoms with Crippen molar-refractivity contribution in [1.29, 1.82) is 0 Å². The molecule has 0 radical (unpaired) electrons. The standard InChI is InChI=1S/C10H22N2O3S/c1-2-15-10-7-9(8-10)12-16(13,14)6-4-3-5-11/h9-10,12H,2-8,11H2,1H3. The number of ether oxygens (including phenoxy) is 1. The van der Waals surface area contributed by atoms with Gasteiger partial charge >= 0.3 is 0 Å². The molecule has 1 fully saturated rings. The third-order valence-corrected chi connectivity index (χ3v) is 4.23. The Balaban J connectivity index is 2.17. The first-order valence-corrected chi connectivity index (χ1v) is 7.54. The summed E-state index contributed by atoms with van der Waals surface area (Å²) in [6, 6.07) is 0.0689. The zero-order valence-corrected chi connectivity index (χ0v) is 10.6. The van der Waals surface area contributed by atoms with Crippen molar-refractivity contribution in [1.82, 2.24) is 4.72 Å². The van der Waals surface area contributed by atoms with Gasteiger partial charge in [-0.05, 0) is 39.2 Å². The molecule has 0 aromatic carbocycles. The Morgan fingerprint density at radius 2 is 2.06 bits per heavy atom. The third kappa shape index (κ3) is 4.78. The molecular weight excluding hydrogens is 228 g/mol. The number of nitrogens with one attached hydrogen (secondary N) is 1. The predicted octanol–water partition coefficient (Wildman–Crippen LogP) is 0.212. The number of unbranched alkanes of at least 4 members (excludes halogenated alkanes) is 1. The highest BCUT2D eigenvalue weighted by Gasteiger charge is 2.32. The zero-order chi connectivity index (χ0) is 12.0. The Bertz CT molecular complexity index is 286. The van der Waals surface area contributed by atoms with E-state index in [-0.39, 0.29) is 17.9 Å². The van der Waals surface area contributed by atoms with Gasteiger partial charge in [0, 0.05) is 12.6 Å². The summed E-state index contributed by atoms with van der Waals surface area (Å²) in [6.45, 7) is 3.19. The maximum Gasteiger partial charge on any atom is 0.211 e. The Hall–Kier alpha value is -0.170. The summed E-state index contributed by atoms with van der Waals surface area (Å²) < 4.78 is 31.2. The van der Waals surface area contributed by atoms with E-state index in [0.29, 0.717) is 19.6 Å². The van der Waals surface area contributed by atoms with Gasteiger partial charge in [0.15, 0.2) is 0 Å². The summed E-state index contributed by atoms with van der Waals surface area (Å²) in [7, 11) is -3.11. The van der Waals surface area contributed by atoms with E-state index >= 15 is 0 Å².